The molecule has 0 radical (unpaired) electrons. The Morgan fingerprint density at radius 1 is 1.41 bits per heavy atom. The van der Waals surface area contributed by atoms with E-state index < -0.39 is 27.9 Å². The quantitative estimate of drug-likeness (QED) is 0.782. The smallest absolute Gasteiger partial charge is 0.241 e. The summed E-state index contributed by atoms with van der Waals surface area (Å²) in [6, 6.07) is 2.77. The number of carbonyl (C=O) groups excluding carboxylic acids is 1. The van der Waals surface area contributed by atoms with E-state index >= 15 is 0 Å². The molecule has 0 aliphatic carbocycles. The molecule has 0 bridgehead atoms. The van der Waals surface area contributed by atoms with Crippen LogP contribution in [0.3, 0.4) is 0 Å². The van der Waals surface area contributed by atoms with Gasteiger partial charge in [0.05, 0.1) is 16.9 Å². The Kier molecular flexibility index (Phi) is 4.19. The van der Waals surface area contributed by atoms with Gasteiger partial charge >= 0.3 is 0 Å². The normalized spacial score (nSPS) is 13.3. The maximum Gasteiger partial charge on any atom is 0.241 e. The molecule has 0 aliphatic heterocycles. The van der Waals surface area contributed by atoms with E-state index in [1.807, 2.05) is 4.72 Å². The summed E-state index contributed by atoms with van der Waals surface area (Å²) >= 11 is 0. The molecule has 0 aliphatic rings. The molecule has 0 spiro atoms. The van der Waals surface area contributed by atoms with Gasteiger partial charge in [-0.3, -0.25) is 0 Å². The van der Waals surface area contributed by atoms with Gasteiger partial charge in [-0.2, -0.15) is 0 Å². The van der Waals surface area contributed by atoms with Gasteiger partial charge in [-0.25, -0.2) is 17.5 Å². The molecule has 5 nitrogen and oxygen atoms in total. The van der Waals surface area contributed by atoms with Crippen molar-refractivity contribution < 1.29 is 22.7 Å². The van der Waals surface area contributed by atoms with Gasteiger partial charge in [0.1, 0.15) is 5.82 Å². The number of sulfonamides is 1. The SMILES string of the molecule is CC[C@@H](NS(=O)(=O)c1ccc(F)cc1)C(=O)[O-]. The molecule has 7 heteroatoms. The van der Waals surface area contributed by atoms with E-state index in [9.17, 15) is 22.7 Å². The first-order chi connectivity index (χ1) is 7.86. The molecule has 1 aromatic carbocycles. The summed E-state index contributed by atoms with van der Waals surface area (Å²) < 4.78 is 38.0. The average molecular weight is 260 g/mol. The summed E-state index contributed by atoms with van der Waals surface area (Å²) in [6.45, 7) is 1.51. The lowest BCUT2D eigenvalue weighted by atomic mass is 10.2. The van der Waals surface area contributed by atoms with Crippen LogP contribution in [0.1, 0.15) is 13.3 Å². The zero-order valence-electron chi connectivity index (χ0n) is 9.01. The number of rotatable bonds is 5. The minimum absolute atomic E-state index is 0.0583. The zero-order valence-corrected chi connectivity index (χ0v) is 9.83. The van der Waals surface area contributed by atoms with Gasteiger partial charge in [0.15, 0.2) is 0 Å². The van der Waals surface area contributed by atoms with Crippen LogP contribution in [0, 0.1) is 5.82 Å². The molecule has 1 atom stereocenters. The molecule has 0 aromatic heterocycles. The van der Waals surface area contributed by atoms with Crippen molar-refractivity contribution in [2.45, 2.75) is 24.3 Å². The van der Waals surface area contributed by atoms with Crippen LogP contribution in [0.2, 0.25) is 0 Å². The molecule has 1 aromatic rings. The van der Waals surface area contributed by atoms with Crippen LogP contribution in [0.5, 0.6) is 0 Å². The summed E-state index contributed by atoms with van der Waals surface area (Å²) in [7, 11) is -3.97. The molecule has 0 fully saturated rings. The van der Waals surface area contributed by atoms with Crippen LogP contribution in [-0.2, 0) is 14.8 Å². The first-order valence-corrected chi connectivity index (χ1v) is 6.34. The fraction of sp³-hybridized carbons (Fsp3) is 0.300. The third-order valence-corrected chi connectivity index (χ3v) is 3.60. The molecule has 0 saturated carbocycles. The average Bonchev–Trinajstić information content (AvgIpc) is 2.26. The third-order valence-electron chi connectivity index (χ3n) is 2.11. The molecular weight excluding hydrogens is 249 g/mol. The first kappa shape index (κ1) is 13.6. The lowest BCUT2D eigenvalue weighted by Gasteiger charge is -2.17. The van der Waals surface area contributed by atoms with Crippen molar-refractivity contribution in [3.63, 3.8) is 0 Å². The highest BCUT2D eigenvalue weighted by Crippen LogP contribution is 2.10. The number of halogens is 1. The summed E-state index contributed by atoms with van der Waals surface area (Å²) in [6.07, 6.45) is 0.0583. The van der Waals surface area contributed by atoms with E-state index in [-0.39, 0.29) is 11.3 Å². The van der Waals surface area contributed by atoms with Gasteiger partial charge in [0, 0.05) is 0 Å². The predicted molar refractivity (Wildman–Crippen MR) is 55.8 cm³/mol. The van der Waals surface area contributed by atoms with Crippen molar-refractivity contribution in [2.24, 2.45) is 0 Å². The lowest BCUT2D eigenvalue weighted by Crippen LogP contribution is -2.47. The largest absolute Gasteiger partial charge is 0.548 e. The molecule has 1 N–H and O–H groups in total. The van der Waals surface area contributed by atoms with Crippen molar-refractivity contribution in [3.8, 4) is 0 Å². The minimum Gasteiger partial charge on any atom is -0.548 e. The van der Waals surface area contributed by atoms with Gasteiger partial charge in [-0.1, -0.05) is 6.92 Å². The Bertz CT molecular complexity index is 498. The molecule has 0 unspecified atom stereocenters. The number of hydrogen-bond acceptors (Lipinski definition) is 4. The van der Waals surface area contributed by atoms with Gasteiger partial charge in [-0.15, -0.1) is 0 Å². The topological polar surface area (TPSA) is 86.3 Å². The van der Waals surface area contributed by atoms with Crippen LogP contribution < -0.4 is 9.83 Å². The van der Waals surface area contributed by atoms with Crippen molar-refractivity contribution >= 4 is 16.0 Å². The number of nitrogens with one attached hydrogen (secondary N) is 1. The van der Waals surface area contributed by atoms with Crippen molar-refractivity contribution in [1.29, 1.82) is 0 Å². The minimum atomic E-state index is -3.97. The van der Waals surface area contributed by atoms with E-state index in [2.05, 4.69) is 0 Å². The molecule has 0 amide bonds. The van der Waals surface area contributed by atoms with E-state index in [4.69, 9.17) is 0 Å². The highest BCUT2D eigenvalue weighted by Gasteiger charge is 2.19. The number of carbonyl (C=O) groups is 1. The molecular formula is C10H11FNO4S-. The number of carboxylic acid groups (broad SMARTS) is 1. The van der Waals surface area contributed by atoms with E-state index in [1.54, 1.807) is 0 Å². The second-order valence-corrected chi connectivity index (χ2v) is 5.07. The number of benzene rings is 1. The number of aliphatic carboxylic acids is 1. The summed E-state index contributed by atoms with van der Waals surface area (Å²) in [5, 5.41) is 10.6. The van der Waals surface area contributed by atoms with E-state index in [0.29, 0.717) is 0 Å². The molecule has 17 heavy (non-hydrogen) atoms. The Hall–Kier alpha value is -1.47. The van der Waals surface area contributed by atoms with Gasteiger partial charge in [0.25, 0.3) is 0 Å². The van der Waals surface area contributed by atoms with Crippen LogP contribution in [-0.4, -0.2) is 20.4 Å². The Morgan fingerprint density at radius 3 is 2.35 bits per heavy atom. The maximum atomic E-state index is 12.6. The molecule has 94 valence electrons. The van der Waals surface area contributed by atoms with Crippen molar-refractivity contribution in [3.05, 3.63) is 30.1 Å². The van der Waals surface area contributed by atoms with Crippen LogP contribution >= 0.6 is 0 Å². The fourth-order valence-electron chi connectivity index (χ4n) is 1.17. The van der Waals surface area contributed by atoms with Gasteiger partial charge < -0.3 is 9.90 Å². The second kappa shape index (κ2) is 5.24. The predicted octanol–water partition coefficient (Wildman–Crippen LogP) is -0.368. The summed E-state index contributed by atoms with van der Waals surface area (Å²) in [5.74, 6) is -2.07. The molecule has 1 rings (SSSR count). The summed E-state index contributed by atoms with van der Waals surface area (Å²) in [5.41, 5.74) is 0. The van der Waals surface area contributed by atoms with E-state index in [0.717, 1.165) is 24.3 Å². The highest BCUT2D eigenvalue weighted by atomic mass is 32.2. The number of hydrogen-bond donors (Lipinski definition) is 1. The highest BCUT2D eigenvalue weighted by molar-refractivity contribution is 7.89. The van der Waals surface area contributed by atoms with Crippen LogP contribution in [0.4, 0.5) is 4.39 Å². The Morgan fingerprint density at radius 2 is 1.94 bits per heavy atom. The molecule has 0 saturated heterocycles. The molecule has 0 heterocycles. The monoisotopic (exact) mass is 260 g/mol. The zero-order chi connectivity index (χ0) is 13.1. The summed E-state index contributed by atoms with van der Waals surface area (Å²) in [4.78, 5) is 10.4. The maximum absolute atomic E-state index is 12.6. The van der Waals surface area contributed by atoms with Gasteiger partial charge in [0.2, 0.25) is 10.0 Å². The van der Waals surface area contributed by atoms with Crippen LogP contribution in [0.25, 0.3) is 0 Å². The number of carboxylic acids is 1. The van der Waals surface area contributed by atoms with Crippen LogP contribution in [0.15, 0.2) is 29.2 Å². The van der Waals surface area contributed by atoms with E-state index in [1.165, 1.54) is 6.92 Å². The lowest BCUT2D eigenvalue weighted by molar-refractivity contribution is -0.308. The van der Waals surface area contributed by atoms with Crippen molar-refractivity contribution in [2.75, 3.05) is 0 Å². The van der Waals surface area contributed by atoms with Crippen molar-refractivity contribution in [1.82, 2.24) is 4.72 Å². The third kappa shape index (κ3) is 3.50. The Labute approximate surface area is 98.3 Å². The standard InChI is InChI=1S/C10H12FNO4S/c1-2-9(10(13)14)12-17(15,16)8-5-3-7(11)4-6-8/h3-6,9,12H,2H2,1H3,(H,13,14)/p-1/t9-/m1/s1. The fourth-order valence-corrected chi connectivity index (χ4v) is 2.44. The van der Waals surface area contributed by atoms with Gasteiger partial charge in [-0.05, 0) is 30.7 Å². The first-order valence-electron chi connectivity index (χ1n) is 4.85. The Balaban J connectivity index is 2.96. The second-order valence-electron chi connectivity index (χ2n) is 3.36.